The van der Waals surface area contributed by atoms with E-state index in [2.05, 4.69) is 15.9 Å². The Morgan fingerprint density at radius 2 is 2.00 bits per heavy atom. The van der Waals surface area contributed by atoms with Crippen LogP contribution >= 0.6 is 15.9 Å². The molecule has 1 aliphatic rings. The summed E-state index contributed by atoms with van der Waals surface area (Å²) in [7, 11) is -3.59. The maximum Gasteiger partial charge on any atom is 0.198 e. The number of nitriles is 1. The average molecular weight is 314 g/mol. The molecule has 0 radical (unpaired) electrons. The Morgan fingerprint density at radius 1 is 1.41 bits per heavy atom. The Bertz CT molecular complexity index is 583. The molecule has 1 aliphatic carbocycles. The molecule has 1 fully saturated rings. The van der Waals surface area contributed by atoms with Gasteiger partial charge in [0.15, 0.2) is 14.6 Å². The highest BCUT2D eigenvalue weighted by atomic mass is 79.9. The van der Waals surface area contributed by atoms with E-state index in [0.29, 0.717) is 23.2 Å². The maximum atomic E-state index is 12.5. The Kier molecular flexibility index (Phi) is 3.04. The minimum atomic E-state index is -3.59. The molecule has 0 spiro atoms. The number of sulfone groups is 1. The second-order valence-electron chi connectivity index (χ2n) is 4.55. The van der Waals surface area contributed by atoms with E-state index in [1.807, 2.05) is 13.0 Å². The second-order valence-corrected chi connectivity index (χ2v) is 7.64. The molecule has 0 N–H and O–H groups in total. The smallest absolute Gasteiger partial charge is 0.198 e. The summed E-state index contributed by atoms with van der Waals surface area (Å²) in [6.45, 7) is 1.96. The van der Waals surface area contributed by atoms with Crippen LogP contribution in [0.25, 0.3) is 0 Å². The minimum absolute atomic E-state index is 0.216. The first-order valence-corrected chi connectivity index (χ1v) is 7.61. The third-order valence-corrected chi connectivity index (χ3v) is 6.54. The van der Waals surface area contributed by atoms with Gasteiger partial charge >= 0.3 is 0 Å². The molecule has 0 saturated heterocycles. The van der Waals surface area contributed by atoms with Crippen molar-refractivity contribution in [3.8, 4) is 6.07 Å². The number of hydrogen-bond acceptors (Lipinski definition) is 3. The molecule has 0 heterocycles. The van der Waals surface area contributed by atoms with Gasteiger partial charge in [0.1, 0.15) is 0 Å². The Balaban J connectivity index is 2.52. The van der Waals surface area contributed by atoms with Crippen LogP contribution in [-0.2, 0) is 9.84 Å². The van der Waals surface area contributed by atoms with Gasteiger partial charge in [0.05, 0.1) is 11.0 Å². The highest BCUT2D eigenvalue weighted by Gasteiger charge is 2.54. The van der Waals surface area contributed by atoms with Gasteiger partial charge in [-0.2, -0.15) is 5.26 Å². The van der Waals surface area contributed by atoms with Crippen molar-refractivity contribution in [2.45, 2.75) is 29.4 Å². The molecule has 0 aliphatic heterocycles. The normalized spacial score (nSPS) is 28.2. The van der Waals surface area contributed by atoms with E-state index >= 15 is 0 Å². The first-order chi connectivity index (χ1) is 7.93. The van der Waals surface area contributed by atoms with Crippen LogP contribution in [0.2, 0.25) is 0 Å². The minimum Gasteiger partial charge on any atom is -0.222 e. The van der Waals surface area contributed by atoms with E-state index < -0.39 is 14.6 Å². The van der Waals surface area contributed by atoms with Crippen LogP contribution in [0.5, 0.6) is 0 Å². The maximum absolute atomic E-state index is 12.5. The van der Waals surface area contributed by atoms with E-state index in [0.717, 1.165) is 0 Å². The first kappa shape index (κ1) is 12.6. The number of hydrogen-bond donors (Lipinski definition) is 0. The van der Waals surface area contributed by atoms with Crippen molar-refractivity contribution in [3.05, 3.63) is 28.7 Å². The van der Waals surface area contributed by atoms with E-state index in [1.54, 1.807) is 24.3 Å². The zero-order chi connectivity index (χ0) is 12.7. The van der Waals surface area contributed by atoms with Crippen molar-refractivity contribution >= 4 is 25.8 Å². The van der Waals surface area contributed by atoms with Gasteiger partial charge in [-0.25, -0.2) is 8.42 Å². The zero-order valence-electron chi connectivity index (χ0n) is 9.35. The van der Waals surface area contributed by atoms with Crippen LogP contribution in [0, 0.1) is 17.2 Å². The Labute approximate surface area is 110 Å². The summed E-state index contributed by atoms with van der Waals surface area (Å²) in [6, 6.07) is 8.65. The third-order valence-electron chi connectivity index (χ3n) is 3.20. The topological polar surface area (TPSA) is 57.9 Å². The van der Waals surface area contributed by atoms with E-state index in [4.69, 9.17) is 0 Å². The van der Waals surface area contributed by atoms with Crippen molar-refractivity contribution in [2.24, 2.45) is 5.92 Å². The number of rotatable bonds is 2. The number of nitrogens with zero attached hydrogens (tertiary/aromatic N) is 1. The molecule has 1 aromatic rings. The fourth-order valence-corrected chi connectivity index (χ4v) is 5.37. The average Bonchev–Trinajstić information content (AvgIpc) is 2.24. The van der Waals surface area contributed by atoms with Gasteiger partial charge in [0.25, 0.3) is 0 Å². The molecule has 2 rings (SSSR count). The summed E-state index contributed by atoms with van der Waals surface area (Å²) in [5.74, 6) is 0.298. The standard InChI is InChI=1S/C12H12BrNO2S/c1-9-6-12(7-9,8-14)17(15,16)11-5-3-2-4-10(11)13/h2-5,9H,6-7H2,1H3. The van der Waals surface area contributed by atoms with Crippen LogP contribution in [-0.4, -0.2) is 13.2 Å². The third kappa shape index (κ3) is 1.80. The summed E-state index contributed by atoms with van der Waals surface area (Å²) < 4.78 is 24.3. The van der Waals surface area contributed by atoms with E-state index in [-0.39, 0.29) is 4.90 Å². The second kappa shape index (κ2) is 4.11. The zero-order valence-corrected chi connectivity index (χ0v) is 11.8. The van der Waals surface area contributed by atoms with Gasteiger partial charge in [0.2, 0.25) is 0 Å². The van der Waals surface area contributed by atoms with Crippen LogP contribution in [0.1, 0.15) is 19.8 Å². The van der Waals surface area contributed by atoms with Crippen LogP contribution in [0.3, 0.4) is 0 Å². The predicted molar refractivity (Wildman–Crippen MR) is 68.1 cm³/mol. The van der Waals surface area contributed by atoms with Crippen molar-refractivity contribution < 1.29 is 8.42 Å². The monoisotopic (exact) mass is 313 g/mol. The van der Waals surface area contributed by atoms with E-state index in [1.165, 1.54) is 0 Å². The molecule has 1 aromatic carbocycles. The van der Waals surface area contributed by atoms with Gasteiger partial charge in [-0.15, -0.1) is 0 Å². The van der Waals surface area contributed by atoms with Crippen LogP contribution in [0.4, 0.5) is 0 Å². The number of benzene rings is 1. The van der Waals surface area contributed by atoms with Gasteiger partial charge < -0.3 is 0 Å². The number of halogens is 1. The first-order valence-electron chi connectivity index (χ1n) is 5.33. The van der Waals surface area contributed by atoms with Crippen molar-refractivity contribution in [3.63, 3.8) is 0 Å². The van der Waals surface area contributed by atoms with Crippen molar-refractivity contribution in [2.75, 3.05) is 0 Å². The summed E-state index contributed by atoms with van der Waals surface area (Å²) in [5, 5.41) is 9.20. The highest BCUT2D eigenvalue weighted by molar-refractivity contribution is 9.10. The summed E-state index contributed by atoms with van der Waals surface area (Å²) in [6.07, 6.45) is 0.848. The molecule has 0 aromatic heterocycles. The van der Waals surface area contributed by atoms with Crippen LogP contribution in [0.15, 0.2) is 33.6 Å². The molecule has 3 nitrogen and oxygen atoms in total. The van der Waals surface area contributed by atoms with Crippen molar-refractivity contribution in [1.82, 2.24) is 0 Å². The lowest BCUT2D eigenvalue weighted by molar-refractivity contribution is 0.287. The largest absolute Gasteiger partial charge is 0.222 e. The fraction of sp³-hybridized carbons (Fsp3) is 0.417. The predicted octanol–water partition coefficient (Wildman–Crippen LogP) is 2.92. The lowest BCUT2D eigenvalue weighted by atomic mass is 9.76. The molecule has 0 atom stereocenters. The summed E-state index contributed by atoms with van der Waals surface area (Å²) >= 11 is 3.23. The molecular weight excluding hydrogens is 302 g/mol. The lowest BCUT2D eigenvalue weighted by Gasteiger charge is -2.40. The van der Waals surface area contributed by atoms with Gasteiger partial charge in [-0.05, 0) is 46.8 Å². The van der Waals surface area contributed by atoms with Gasteiger partial charge in [0, 0.05) is 4.47 Å². The van der Waals surface area contributed by atoms with E-state index in [9.17, 15) is 13.7 Å². The molecule has 0 bridgehead atoms. The molecule has 90 valence electrons. The summed E-state index contributed by atoms with van der Waals surface area (Å²) in [5.41, 5.74) is 0. The molecule has 5 heteroatoms. The molecular formula is C12H12BrNO2S. The molecule has 1 saturated carbocycles. The Morgan fingerprint density at radius 3 is 2.47 bits per heavy atom. The van der Waals surface area contributed by atoms with Crippen molar-refractivity contribution in [1.29, 1.82) is 5.26 Å². The summed E-state index contributed by atoms with van der Waals surface area (Å²) in [4.78, 5) is 0.216. The fourth-order valence-electron chi connectivity index (χ4n) is 2.31. The Hall–Kier alpha value is -0.860. The SMILES string of the molecule is CC1CC(C#N)(S(=O)(=O)c2ccccc2Br)C1. The highest BCUT2D eigenvalue weighted by Crippen LogP contribution is 2.47. The van der Waals surface area contributed by atoms with Crippen LogP contribution < -0.4 is 0 Å². The lowest BCUT2D eigenvalue weighted by Crippen LogP contribution is -2.48. The molecule has 0 amide bonds. The quantitative estimate of drug-likeness (QED) is 0.843. The molecule has 17 heavy (non-hydrogen) atoms. The van der Waals surface area contributed by atoms with Gasteiger partial charge in [-0.1, -0.05) is 19.1 Å². The van der Waals surface area contributed by atoms with Gasteiger partial charge in [-0.3, -0.25) is 0 Å². The molecule has 0 unspecified atom stereocenters.